The van der Waals surface area contributed by atoms with E-state index in [2.05, 4.69) is 0 Å². The van der Waals surface area contributed by atoms with Gasteiger partial charge in [0.05, 0.1) is 11.8 Å². The molecule has 1 aromatic rings. The van der Waals surface area contributed by atoms with Crippen LogP contribution >= 0.6 is 0 Å². The number of anilines is 1. The molecule has 0 N–H and O–H groups in total. The minimum Gasteiger partial charge on any atom is -0.295 e. The topological polar surface area (TPSA) is 74.8 Å². The fraction of sp³-hybridized carbons (Fsp3) is 0.455. The Kier molecular flexibility index (Phi) is 4.19. The Morgan fingerprint density at radius 1 is 1.06 bits per heavy atom. The van der Waals surface area contributed by atoms with Crippen LogP contribution in [-0.4, -0.2) is 41.2 Å². The maximum absolute atomic E-state index is 13.3. The Morgan fingerprint density at radius 3 is 2.16 bits per heavy atom. The predicted octanol–water partition coefficient (Wildman–Crippen LogP) is 2.80. The molecule has 2 bridgehead atoms. The number of alkyl halides is 3. The van der Waals surface area contributed by atoms with E-state index in [1.807, 2.05) is 12.2 Å². The number of allylic oxidation sites excluding steroid dienone is 2. The van der Waals surface area contributed by atoms with Gasteiger partial charge < -0.3 is 0 Å². The Hall–Kier alpha value is -2.97. The molecular formula is C22H19F3N2O4. The van der Waals surface area contributed by atoms with Crippen LogP contribution < -0.4 is 4.90 Å². The molecule has 3 fully saturated rings. The molecule has 9 heteroatoms. The van der Waals surface area contributed by atoms with E-state index in [0.717, 1.165) is 17.4 Å². The van der Waals surface area contributed by atoms with Crippen molar-refractivity contribution in [1.82, 2.24) is 4.90 Å². The average molecular weight is 432 g/mol. The van der Waals surface area contributed by atoms with Crippen LogP contribution in [0.25, 0.3) is 0 Å². The first-order valence-corrected chi connectivity index (χ1v) is 10.1. The zero-order valence-corrected chi connectivity index (χ0v) is 16.5. The molecule has 0 spiro atoms. The van der Waals surface area contributed by atoms with E-state index < -0.39 is 42.4 Å². The number of carbonyl (C=O) groups excluding carboxylic acids is 4. The number of benzene rings is 1. The lowest BCUT2D eigenvalue weighted by Crippen LogP contribution is -2.49. The zero-order chi connectivity index (χ0) is 22.2. The molecule has 6 rings (SSSR count). The van der Waals surface area contributed by atoms with Gasteiger partial charge >= 0.3 is 12.1 Å². The standard InChI is InChI=1S/C22H19F3N2O4/c1-10(28)11-3-2-4-12(7-11)26(21(31)22(23,24)25)9-27-19(29)17-13-5-6-14(16-8-15(13)16)18(17)20(27)30/h2-7,13-18H,8-9H2,1H3/t13-,14-,15-,16-,17-,18+/m0/s1. The number of rotatable bonds is 4. The highest BCUT2D eigenvalue weighted by molar-refractivity contribution is 6.08. The van der Waals surface area contributed by atoms with Crippen LogP contribution in [0.5, 0.6) is 0 Å². The second kappa shape index (κ2) is 6.51. The van der Waals surface area contributed by atoms with Gasteiger partial charge in [-0.25, -0.2) is 0 Å². The summed E-state index contributed by atoms with van der Waals surface area (Å²) in [5.74, 6) is -4.22. The number of carbonyl (C=O) groups is 4. The van der Waals surface area contributed by atoms with Crippen molar-refractivity contribution in [3.05, 3.63) is 42.0 Å². The molecule has 5 aliphatic rings. The Balaban J connectivity index is 1.48. The van der Waals surface area contributed by atoms with E-state index in [4.69, 9.17) is 0 Å². The minimum absolute atomic E-state index is 0.0748. The summed E-state index contributed by atoms with van der Waals surface area (Å²) >= 11 is 0. The van der Waals surface area contributed by atoms with Crippen molar-refractivity contribution in [2.24, 2.45) is 35.5 Å². The molecule has 6 atom stereocenters. The van der Waals surface area contributed by atoms with Crippen molar-refractivity contribution < 1.29 is 32.3 Å². The van der Waals surface area contributed by atoms with E-state index in [-0.39, 0.29) is 28.9 Å². The van der Waals surface area contributed by atoms with E-state index in [9.17, 15) is 32.3 Å². The number of amides is 3. The monoisotopic (exact) mass is 432 g/mol. The van der Waals surface area contributed by atoms with Gasteiger partial charge in [0.15, 0.2) is 5.78 Å². The minimum atomic E-state index is -5.22. The van der Waals surface area contributed by atoms with E-state index >= 15 is 0 Å². The molecule has 3 amide bonds. The maximum atomic E-state index is 13.3. The second-order valence-corrected chi connectivity index (χ2v) is 8.74. The first kappa shape index (κ1) is 20.0. The number of hydrogen-bond acceptors (Lipinski definition) is 4. The summed E-state index contributed by atoms with van der Waals surface area (Å²) in [5, 5.41) is 0. The number of likely N-dealkylation sites (tertiary alicyclic amines) is 1. The summed E-state index contributed by atoms with van der Waals surface area (Å²) < 4.78 is 40.0. The van der Waals surface area contributed by atoms with Gasteiger partial charge in [-0.3, -0.25) is 29.0 Å². The largest absolute Gasteiger partial charge is 0.471 e. The molecule has 2 saturated carbocycles. The van der Waals surface area contributed by atoms with Gasteiger partial charge in [0, 0.05) is 11.3 Å². The summed E-state index contributed by atoms with van der Waals surface area (Å²) in [5.41, 5.74) is -0.0815. The van der Waals surface area contributed by atoms with Crippen LogP contribution in [0, 0.1) is 35.5 Å². The normalized spacial score (nSPS) is 32.7. The van der Waals surface area contributed by atoms with Crippen molar-refractivity contribution in [1.29, 1.82) is 0 Å². The smallest absolute Gasteiger partial charge is 0.295 e. The molecule has 1 heterocycles. The fourth-order valence-electron chi connectivity index (χ4n) is 5.61. The highest BCUT2D eigenvalue weighted by Gasteiger charge is 2.67. The van der Waals surface area contributed by atoms with Crippen molar-refractivity contribution in [2.75, 3.05) is 11.6 Å². The summed E-state index contributed by atoms with van der Waals surface area (Å²) in [6, 6.07) is 5.17. The SMILES string of the molecule is CC(=O)c1cccc(N(CN2C(=O)[C@@H]3[C@H]4C=C[C@@H]([C@@H]5C[C@@H]45)[C@@H]3C2=O)C(=O)C(F)(F)F)c1. The third-order valence-corrected chi connectivity index (χ3v) is 7.09. The lowest BCUT2D eigenvalue weighted by molar-refractivity contribution is -0.171. The molecule has 6 nitrogen and oxygen atoms in total. The molecule has 0 unspecified atom stereocenters. The van der Waals surface area contributed by atoms with Crippen molar-refractivity contribution in [2.45, 2.75) is 19.5 Å². The fourth-order valence-corrected chi connectivity index (χ4v) is 5.61. The van der Waals surface area contributed by atoms with Crippen LogP contribution in [0.15, 0.2) is 36.4 Å². The number of Topliss-reactive ketones (excluding diaryl/α,β-unsaturated/α-hetero) is 1. The van der Waals surface area contributed by atoms with Gasteiger partial charge in [0.25, 0.3) is 0 Å². The summed E-state index contributed by atoms with van der Waals surface area (Å²) in [7, 11) is 0. The Morgan fingerprint density at radius 2 is 1.65 bits per heavy atom. The van der Waals surface area contributed by atoms with E-state index in [1.54, 1.807) is 0 Å². The Bertz CT molecular complexity index is 1010. The van der Waals surface area contributed by atoms with Gasteiger partial charge in [-0.15, -0.1) is 0 Å². The van der Waals surface area contributed by atoms with Crippen molar-refractivity contribution in [3.63, 3.8) is 0 Å². The van der Waals surface area contributed by atoms with Crippen molar-refractivity contribution >= 4 is 29.2 Å². The first-order chi connectivity index (χ1) is 14.6. The second-order valence-electron chi connectivity index (χ2n) is 8.74. The van der Waals surface area contributed by atoms with Crippen LogP contribution in [0.2, 0.25) is 0 Å². The highest BCUT2D eigenvalue weighted by Crippen LogP contribution is 2.65. The number of halogens is 3. The van der Waals surface area contributed by atoms with Gasteiger partial charge in [-0.1, -0.05) is 24.3 Å². The number of hydrogen-bond donors (Lipinski definition) is 0. The molecule has 1 aliphatic heterocycles. The lowest BCUT2D eigenvalue weighted by atomic mass is 9.63. The molecule has 1 aromatic carbocycles. The quantitative estimate of drug-likeness (QED) is 0.417. The molecule has 1 saturated heterocycles. The van der Waals surface area contributed by atoms with Crippen LogP contribution in [0.3, 0.4) is 0 Å². The third-order valence-electron chi connectivity index (χ3n) is 7.09. The van der Waals surface area contributed by atoms with Gasteiger partial charge in [-0.05, 0) is 49.1 Å². The highest BCUT2D eigenvalue weighted by atomic mass is 19.4. The summed E-state index contributed by atoms with van der Waals surface area (Å²) in [6.45, 7) is 0.417. The van der Waals surface area contributed by atoms with Gasteiger partial charge in [0.1, 0.15) is 6.67 Å². The third kappa shape index (κ3) is 2.93. The number of nitrogens with zero attached hydrogens (tertiary/aromatic N) is 2. The lowest BCUT2D eigenvalue weighted by Gasteiger charge is -2.37. The van der Waals surface area contributed by atoms with E-state index in [1.165, 1.54) is 25.1 Å². The first-order valence-electron chi connectivity index (χ1n) is 10.1. The molecule has 0 aromatic heterocycles. The van der Waals surface area contributed by atoms with Crippen LogP contribution in [0.4, 0.5) is 18.9 Å². The van der Waals surface area contributed by atoms with Crippen LogP contribution in [0.1, 0.15) is 23.7 Å². The molecule has 0 radical (unpaired) electrons. The van der Waals surface area contributed by atoms with Gasteiger partial charge in [0.2, 0.25) is 11.8 Å². The average Bonchev–Trinajstić information content (AvgIpc) is 3.51. The van der Waals surface area contributed by atoms with Gasteiger partial charge in [-0.2, -0.15) is 13.2 Å². The molecule has 162 valence electrons. The summed E-state index contributed by atoms with van der Waals surface area (Å²) in [4.78, 5) is 51.3. The molecule has 4 aliphatic carbocycles. The van der Waals surface area contributed by atoms with Crippen LogP contribution in [-0.2, 0) is 14.4 Å². The predicted molar refractivity (Wildman–Crippen MR) is 101 cm³/mol. The summed E-state index contributed by atoms with van der Waals surface area (Å²) in [6.07, 6.45) is -0.327. The molecule has 31 heavy (non-hydrogen) atoms. The molecular weight excluding hydrogens is 413 g/mol. The van der Waals surface area contributed by atoms with E-state index in [0.29, 0.717) is 16.7 Å². The number of ketones is 1. The van der Waals surface area contributed by atoms with Crippen molar-refractivity contribution in [3.8, 4) is 0 Å². The maximum Gasteiger partial charge on any atom is 0.471 e. The number of imide groups is 1. The zero-order valence-electron chi connectivity index (χ0n) is 16.5. The Labute approximate surface area is 175 Å².